The average Bonchev–Trinajstić information content (AvgIpc) is 2.72. The molecular formula is C20H17N5O4. The van der Waals surface area contributed by atoms with E-state index >= 15 is 0 Å². The van der Waals surface area contributed by atoms with Crippen molar-refractivity contribution in [3.05, 3.63) is 91.1 Å². The summed E-state index contributed by atoms with van der Waals surface area (Å²) in [4.78, 5) is 41.1. The zero-order chi connectivity index (χ0) is 20.5. The van der Waals surface area contributed by atoms with Gasteiger partial charge < -0.3 is 5.73 Å². The number of rotatable bonds is 4. The van der Waals surface area contributed by atoms with E-state index in [0.29, 0.717) is 17.7 Å². The molecule has 0 saturated heterocycles. The lowest BCUT2D eigenvalue weighted by Gasteiger charge is -2.17. The molecule has 2 N–H and O–H groups in total. The molecule has 1 aliphatic rings. The first kappa shape index (κ1) is 18.4. The number of hydrogen-bond acceptors (Lipinski definition) is 6. The number of pyridine rings is 1. The molecule has 9 nitrogen and oxygen atoms in total. The van der Waals surface area contributed by atoms with Crippen molar-refractivity contribution in [2.75, 3.05) is 5.73 Å². The summed E-state index contributed by atoms with van der Waals surface area (Å²) in [5, 5.41) is 11.3. The molecule has 1 aliphatic carbocycles. The van der Waals surface area contributed by atoms with Crippen LogP contribution in [0.25, 0.3) is 16.7 Å². The number of anilines is 1. The Morgan fingerprint density at radius 1 is 1.21 bits per heavy atom. The van der Waals surface area contributed by atoms with Crippen molar-refractivity contribution in [2.45, 2.75) is 19.4 Å². The monoisotopic (exact) mass is 391 g/mol. The Morgan fingerprint density at radius 3 is 2.76 bits per heavy atom. The number of fused-ring (bicyclic) bond motifs is 1. The molecule has 0 unspecified atom stereocenters. The fraction of sp³-hybridized carbons (Fsp3) is 0.150. The highest BCUT2D eigenvalue weighted by Crippen LogP contribution is 2.20. The van der Waals surface area contributed by atoms with Crippen LogP contribution in [0.5, 0.6) is 0 Å². The van der Waals surface area contributed by atoms with E-state index < -0.39 is 16.2 Å². The summed E-state index contributed by atoms with van der Waals surface area (Å²) in [5.74, 6) is 0.202. The van der Waals surface area contributed by atoms with E-state index in [1.54, 1.807) is 18.2 Å². The van der Waals surface area contributed by atoms with Gasteiger partial charge >= 0.3 is 5.69 Å². The van der Waals surface area contributed by atoms with Crippen LogP contribution in [-0.4, -0.2) is 19.0 Å². The molecule has 0 amide bonds. The topological polar surface area (TPSA) is 126 Å². The molecule has 2 heterocycles. The predicted molar refractivity (Wildman–Crippen MR) is 110 cm³/mol. The van der Waals surface area contributed by atoms with Gasteiger partial charge in [-0.2, -0.15) is 0 Å². The van der Waals surface area contributed by atoms with Crippen LogP contribution in [0.2, 0.25) is 0 Å². The zero-order valence-electron chi connectivity index (χ0n) is 15.3. The normalized spacial score (nSPS) is 13.4. The number of benzene rings is 1. The van der Waals surface area contributed by atoms with Crippen molar-refractivity contribution in [2.24, 2.45) is 0 Å². The van der Waals surface area contributed by atoms with E-state index in [-0.39, 0.29) is 29.1 Å². The molecular weight excluding hydrogens is 374 g/mol. The predicted octanol–water partition coefficient (Wildman–Crippen LogP) is 2.29. The number of nitro groups is 1. The van der Waals surface area contributed by atoms with Crippen molar-refractivity contribution in [1.82, 2.24) is 14.1 Å². The summed E-state index contributed by atoms with van der Waals surface area (Å²) in [7, 11) is 0. The van der Waals surface area contributed by atoms with Crippen LogP contribution in [0.4, 0.5) is 11.5 Å². The van der Waals surface area contributed by atoms with Crippen molar-refractivity contribution in [3.63, 3.8) is 0 Å². The second kappa shape index (κ2) is 7.19. The Kier molecular flexibility index (Phi) is 4.55. The van der Waals surface area contributed by atoms with Crippen LogP contribution in [0.15, 0.2) is 64.2 Å². The van der Waals surface area contributed by atoms with Crippen LogP contribution in [0.1, 0.15) is 18.4 Å². The molecule has 1 aromatic carbocycles. The van der Waals surface area contributed by atoms with Gasteiger partial charge in [-0.25, -0.2) is 14.3 Å². The summed E-state index contributed by atoms with van der Waals surface area (Å²) < 4.78 is 2.46. The summed E-state index contributed by atoms with van der Waals surface area (Å²) >= 11 is 0. The SMILES string of the molecule is Nc1ccc2c(=O)n(Cc3cccc([N+](=O)[O-])c3)c(=O)n(C3=CC=CCC3)c2n1. The molecule has 9 heteroatoms. The van der Waals surface area contributed by atoms with Crippen molar-refractivity contribution >= 4 is 28.2 Å². The third-order valence-electron chi connectivity index (χ3n) is 4.75. The Bertz CT molecular complexity index is 1320. The highest BCUT2D eigenvalue weighted by atomic mass is 16.6. The van der Waals surface area contributed by atoms with E-state index in [2.05, 4.69) is 4.98 Å². The van der Waals surface area contributed by atoms with Crippen molar-refractivity contribution in [3.8, 4) is 0 Å². The number of nitro benzene ring substituents is 1. The van der Waals surface area contributed by atoms with Gasteiger partial charge in [0.2, 0.25) is 0 Å². The summed E-state index contributed by atoms with van der Waals surface area (Å²) in [5.41, 5.74) is 5.99. The van der Waals surface area contributed by atoms with Gasteiger partial charge in [0.15, 0.2) is 5.65 Å². The standard InChI is InChI=1S/C20H17N5O4/c21-17-10-9-16-18(22-17)24(14-6-2-1-3-7-14)20(27)23(19(16)26)12-13-5-4-8-15(11-13)25(28)29/h1-2,4-6,8-11H,3,7,12H2,(H2,21,22). The summed E-state index contributed by atoms with van der Waals surface area (Å²) in [6.45, 7) is -0.0945. The van der Waals surface area contributed by atoms with Gasteiger partial charge in [0.1, 0.15) is 5.82 Å². The Balaban J connectivity index is 1.97. The second-order valence-corrected chi connectivity index (χ2v) is 6.67. The van der Waals surface area contributed by atoms with Crippen LogP contribution < -0.4 is 17.0 Å². The number of hydrogen-bond donors (Lipinski definition) is 1. The molecule has 29 heavy (non-hydrogen) atoms. The van der Waals surface area contributed by atoms with E-state index in [0.717, 1.165) is 11.0 Å². The molecule has 0 atom stereocenters. The van der Waals surface area contributed by atoms with E-state index in [4.69, 9.17) is 5.73 Å². The first-order chi connectivity index (χ1) is 14.0. The van der Waals surface area contributed by atoms with E-state index in [1.165, 1.54) is 28.8 Å². The highest BCUT2D eigenvalue weighted by Gasteiger charge is 2.18. The lowest BCUT2D eigenvalue weighted by Crippen LogP contribution is -2.40. The second-order valence-electron chi connectivity index (χ2n) is 6.67. The maximum Gasteiger partial charge on any atom is 0.337 e. The first-order valence-corrected chi connectivity index (χ1v) is 8.97. The molecule has 4 rings (SSSR count). The Hall–Kier alpha value is -4.01. The van der Waals surface area contributed by atoms with Crippen molar-refractivity contribution in [1.29, 1.82) is 0 Å². The number of nitrogens with zero attached hydrogens (tertiary/aromatic N) is 4. The molecule has 2 aromatic heterocycles. The minimum Gasteiger partial charge on any atom is -0.384 e. The lowest BCUT2D eigenvalue weighted by atomic mass is 10.1. The van der Waals surface area contributed by atoms with Gasteiger partial charge in [-0.1, -0.05) is 24.3 Å². The van der Waals surface area contributed by atoms with Gasteiger partial charge in [-0.3, -0.25) is 19.5 Å². The highest BCUT2D eigenvalue weighted by molar-refractivity contribution is 5.79. The fourth-order valence-electron chi connectivity index (χ4n) is 3.37. The third kappa shape index (κ3) is 3.33. The van der Waals surface area contributed by atoms with Gasteiger partial charge in [0, 0.05) is 17.8 Å². The molecule has 0 fully saturated rings. The minimum absolute atomic E-state index is 0.0945. The van der Waals surface area contributed by atoms with Crippen LogP contribution in [-0.2, 0) is 6.54 Å². The largest absolute Gasteiger partial charge is 0.384 e. The molecule has 0 radical (unpaired) electrons. The Morgan fingerprint density at radius 2 is 2.03 bits per heavy atom. The average molecular weight is 391 g/mol. The zero-order valence-corrected chi connectivity index (χ0v) is 15.3. The number of allylic oxidation sites excluding steroid dienone is 4. The van der Waals surface area contributed by atoms with Gasteiger partial charge in [0.05, 0.1) is 16.9 Å². The molecule has 3 aromatic rings. The fourth-order valence-corrected chi connectivity index (χ4v) is 3.37. The Labute approximate surface area is 164 Å². The van der Waals surface area contributed by atoms with Gasteiger partial charge in [-0.05, 0) is 36.6 Å². The van der Waals surface area contributed by atoms with E-state index in [9.17, 15) is 19.7 Å². The maximum atomic E-state index is 13.3. The lowest BCUT2D eigenvalue weighted by molar-refractivity contribution is -0.384. The van der Waals surface area contributed by atoms with Gasteiger partial charge in [0.25, 0.3) is 11.2 Å². The molecule has 0 saturated carbocycles. The third-order valence-corrected chi connectivity index (χ3v) is 4.75. The van der Waals surface area contributed by atoms with Gasteiger partial charge in [-0.15, -0.1) is 0 Å². The van der Waals surface area contributed by atoms with Crippen LogP contribution >= 0.6 is 0 Å². The van der Waals surface area contributed by atoms with E-state index in [1.807, 2.05) is 12.2 Å². The quantitative estimate of drug-likeness (QED) is 0.537. The van der Waals surface area contributed by atoms with Crippen LogP contribution in [0.3, 0.4) is 0 Å². The molecule has 0 spiro atoms. The number of nitrogen functional groups attached to an aromatic ring is 1. The molecule has 0 bridgehead atoms. The van der Waals surface area contributed by atoms with Crippen LogP contribution in [0, 0.1) is 10.1 Å². The smallest absolute Gasteiger partial charge is 0.337 e. The number of aromatic nitrogens is 3. The summed E-state index contributed by atoms with van der Waals surface area (Å²) in [6, 6.07) is 8.91. The number of nitrogens with two attached hydrogens (primary N) is 1. The maximum absolute atomic E-state index is 13.3. The minimum atomic E-state index is -0.561. The summed E-state index contributed by atoms with van der Waals surface area (Å²) in [6.07, 6.45) is 7.00. The number of non-ortho nitro benzene ring substituents is 1. The molecule has 146 valence electrons. The van der Waals surface area contributed by atoms with Crippen molar-refractivity contribution < 1.29 is 4.92 Å². The first-order valence-electron chi connectivity index (χ1n) is 8.97. The molecule has 0 aliphatic heterocycles.